The topological polar surface area (TPSA) is 49.9 Å². The number of amides is 1. The van der Waals surface area contributed by atoms with Gasteiger partial charge in [-0.3, -0.25) is 9.59 Å². The normalized spacial score (nSPS) is 42.6. The number of fused-ring (bicyclic) bond motifs is 5. The molecule has 0 bridgehead atoms. The van der Waals surface area contributed by atoms with Crippen molar-refractivity contribution in [3.63, 3.8) is 0 Å². The number of esters is 1. The molecule has 36 heavy (non-hydrogen) atoms. The van der Waals surface area contributed by atoms with E-state index >= 15 is 0 Å². The summed E-state index contributed by atoms with van der Waals surface area (Å²) in [4.78, 5) is 29.5. The van der Waals surface area contributed by atoms with Gasteiger partial charge in [-0.15, -0.1) is 0 Å². The third-order valence-corrected chi connectivity index (χ3v) is 11.7. The molecule has 204 valence electrons. The molecule has 0 heterocycles. The molecule has 5 heteroatoms. The molecule has 0 spiro atoms. The molecule has 4 rings (SSSR count). The van der Waals surface area contributed by atoms with E-state index in [-0.39, 0.29) is 29.4 Å². The van der Waals surface area contributed by atoms with E-state index in [0.717, 1.165) is 42.6 Å². The van der Waals surface area contributed by atoms with Crippen LogP contribution < -0.4 is 0 Å². The van der Waals surface area contributed by atoms with E-state index < -0.39 is 0 Å². The van der Waals surface area contributed by atoms with Gasteiger partial charge in [0.05, 0.1) is 6.04 Å². The van der Waals surface area contributed by atoms with Crippen molar-refractivity contribution in [2.75, 3.05) is 21.1 Å². The van der Waals surface area contributed by atoms with Crippen molar-refractivity contribution in [1.29, 1.82) is 0 Å². The zero-order chi connectivity index (χ0) is 26.6. The highest BCUT2D eigenvalue weighted by Crippen LogP contribution is 2.68. The van der Waals surface area contributed by atoms with E-state index in [4.69, 9.17) is 4.74 Å². The molecule has 4 aliphatic rings. The second-order valence-corrected chi connectivity index (χ2v) is 13.8. The maximum Gasteiger partial charge on any atom is 0.302 e. The molecule has 4 aliphatic carbocycles. The van der Waals surface area contributed by atoms with Gasteiger partial charge in [0.15, 0.2) is 0 Å². The Hall–Kier alpha value is -1.36. The molecule has 10 atom stereocenters. The van der Waals surface area contributed by atoms with Crippen molar-refractivity contribution in [2.45, 2.75) is 111 Å². The van der Waals surface area contributed by atoms with Crippen molar-refractivity contribution in [3.05, 3.63) is 11.6 Å². The van der Waals surface area contributed by atoms with Crippen LogP contribution in [0, 0.1) is 40.4 Å². The Morgan fingerprint density at radius 3 is 2.08 bits per heavy atom. The minimum atomic E-state index is -0.216. The van der Waals surface area contributed by atoms with Crippen molar-refractivity contribution in [1.82, 2.24) is 9.80 Å². The fraction of sp³-hybridized carbons (Fsp3) is 0.871. The highest BCUT2D eigenvalue weighted by molar-refractivity contribution is 5.88. The first-order valence-electron chi connectivity index (χ1n) is 14.6. The first-order valence-corrected chi connectivity index (χ1v) is 14.6. The van der Waals surface area contributed by atoms with Crippen molar-refractivity contribution < 1.29 is 14.3 Å². The summed E-state index contributed by atoms with van der Waals surface area (Å²) in [5, 5.41) is 0. The van der Waals surface area contributed by atoms with Crippen LogP contribution in [0.15, 0.2) is 11.6 Å². The monoisotopic (exact) mass is 500 g/mol. The van der Waals surface area contributed by atoms with Crippen LogP contribution in [-0.2, 0) is 14.3 Å². The molecule has 0 aliphatic heterocycles. The lowest BCUT2D eigenvalue weighted by atomic mass is 9.44. The fourth-order valence-electron chi connectivity index (χ4n) is 9.76. The Morgan fingerprint density at radius 2 is 1.47 bits per heavy atom. The van der Waals surface area contributed by atoms with Crippen molar-refractivity contribution >= 4 is 11.9 Å². The van der Waals surface area contributed by atoms with Crippen LogP contribution in [0.1, 0.15) is 92.9 Å². The van der Waals surface area contributed by atoms with Crippen LogP contribution >= 0.6 is 0 Å². The van der Waals surface area contributed by atoms with Gasteiger partial charge in [-0.05, 0) is 121 Å². The van der Waals surface area contributed by atoms with E-state index in [2.05, 4.69) is 39.8 Å². The smallest absolute Gasteiger partial charge is 0.302 e. The third-order valence-electron chi connectivity index (χ3n) is 11.7. The first-order chi connectivity index (χ1) is 16.8. The SMILES string of the molecule is CC(=O)O[C@H]1[C@H](N(C)C(=O)C=C(C)C)CC[C@]2(C)[C@H]3CC[C@]4(C)[C@@H]([C@H](C)N(C)C)CC[C@H]4[C@@H]3CC[C@@H]12. The van der Waals surface area contributed by atoms with Crippen LogP contribution in [0.4, 0.5) is 0 Å². The molecule has 0 N–H and O–H groups in total. The highest BCUT2D eigenvalue weighted by Gasteiger charge is 2.63. The number of allylic oxidation sites excluding steroid dienone is 1. The lowest BCUT2D eigenvalue weighted by molar-refractivity contribution is -0.188. The van der Waals surface area contributed by atoms with Crippen LogP contribution in [0.25, 0.3) is 0 Å². The molecule has 0 aromatic rings. The summed E-state index contributed by atoms with van der Waals surface area (Å²) in [7, 11) is 6.38. The van der Waals surface area contributed by atoms with Crippen molar-refractivity contribution in [2.24, 2.45) is 40.4 Å². The van der Waals surface area contributed by atoms with Crippen LogP contribution in [0.2, 0.25) is 0 Å². The lowest BCUT2D eigenvalue weighted by Crippen LogP contribution is -2.62. The predicted octanol–water partition coefficient (Wildman–Crippen LogP) is 5.93. The Kier molecular flexibility index (Phi) is 7.74. The molecule has 0 radical (unpaired) electrons. The lowest BCUT2D eigenvalue weighted by Gasteiger charge is -2.63. The van der Waals surface area contributed by atoms with Gasteiger partial charge in [0, 0.05) is 32.0 Å². The number of hydrogen-bond donors (Lipinski definition) is 0. The standard InChI is InChI=1S/C31H52N2O3/c1-19(2)18-28(35)33(9)27-15-17-31(6)25-14-16-30(5)23(20(3)32(7)8)12-13-24(30)22(25)10-11-26(31)29(27)36-21(4)34/h18,20,22-27,29H,10-17H2,1-9H3/t20-,22-,23+,24-,25-,26-,27+,29+,30+,31+/m0/s1. The summed E-state index contributed by atoms with van der Waals surface area (Å²) < 4.78 is 6.12. The number of ether oxygens (including phenoxy) is 1. The Bertz CT molecular complexity index is 879. The summed E-state index contributed by atoms with van der Waals surface area (Å²) in [6.07, 6.45) is 11.2. The summed E-state index contributed by atoms with van der Waals surface area (Å²) in [5.41, 5.74) is 1.62. The zero-order valence-electron chi connectivity index (χ0n) is 24.5. The van der Waals surface area contributed by atoms with Gasteiger partial charge in [0.25, 0.3) is 0 Å². The number of likely N-dealkylation sites (N-methyl/N-ethyl adjacent to an activating group) is 1. The number of nitrogens with zero attached hydrogens (tertiary/aromatic N) is 2. The van der Waals surface area contributed by atoms with E-state index in [9.17, 15) is 9.59 Å². The Labute approximate surface area is 220 Å². The first kappa shape index (κ1) is 27.7. The van der Waals surface area contributed by atoms with E-state index in [1.54, 1.807) is 6.08 Å². The van der Waals surface area contributed by atoms with Crippen LogP contribution in [0.3, 0.4) is 0 Å². The highest BCUT2D eigenvalue weighted by atomic mass is 16.5. The van der Waals surface area contributed by atoms with Crippen LogP contribution in [-0.4, -0.2) is 61.0 Å². The molecule has 0 saturated heterocycles. The molecule has 4 fully saturated rings. The number of carbonyl (C=O) groups is 2. The van der Waals surface area contributed by atoms with E-state index in [0.29, 0.717) is 23.3 Å². The molecular weight excluding hydrogens is 448 g/mol. The van der Waals surface area contributed by atoms with Gasteiger partial charge >= 0.3 is 5.97 Å². The second-order valence-electron chi connectivity index (χ2n) is 13.8. The molecule has 0 aromatic heterocycles. The molecule has 5 nitrogen and oxygen atoms in total. The third kappa shape index (κ3) is 4.56. The van der Waals surface area contributed by atoms with Gasteiger partial charge < -0.3 is 14.5 Å². The van der Waals surface area contributed by atoms with Gasteiger partial charge in [-0.25, -0.2) is 0 Å². The molecule has 4 saturated carbocycles. The second kappa shape index (κ2) is 10.1. The Morgan fingerprint density at radius 1 is 0.861 bits per heavy atom. The molecule has 0 unspecified atom stereocenters. The summed E-state index contributed by atoms with van der Waals surface area (Å²) >= 11 is 0. The summed E-state index contributed by atoms with van der Waals surface area (Å²) in [6, 6.07) is 0.582. The van der Waals surface area contributed by atoms with Gasteiger partial charge in [0.1, 0.15) is 6.10 Å². The average molecular weight is 501 g/mol. The summed E-state index contributed by atoms with van der Waals surface area (Å²) in [5.74, 6) is 3.20. The largest absolute Gasteiger partial charge is 0.460 e. The number of rotatable bonds is 5. The van der Waals surface area contributed by atoms with Crippen LogP contribution in [0.5, 0.6) is 0 Å². The molecule has 1 amide bonds. The van der Waals surface area contributed by atoms with Crippen molar-refractivity contribution in [3.8, 4) is 0 Å². The number of carbonyl (C=O) groups excluding carboxylic acids is 2. The average Bonchev–Trinajstić information content (AvgIpc) is 3.14. The van der Waals surface area contributed by atoms with E-state index in [1.807, 2.05) is 25.8 Å². The van der Waals surface area contributed by atoms with Gasteiger partial charge in [0.2, 0.25) is 5.91 Å². The molecular formula is C31H52N2O3. The fourth-order valence-corrected chi connectivity index (χ4v) is 9.76. The number of hydrogen-bond acceptors (Lipinski definition) is 4. The minimum Gasteiger partial charge on any atom is -0.460 e. The maximum absolute atomic E-state index is 13.0. The maximum atomic E-state index is 13.0. The van der Waals surface area contributed by atoms with E-state index in [1.165, 1.54) is 39.0 Å². The predicted molar refractivity (Wildman–Crippen MR) is 145 cm³/mol. The van der Waals surface area contributed by atoms with Gasteiger partial charge in [-0.1, -0.05) is 19.4 Å². The zero-order valence-corrected chi connectivity index (χ0v) is 24.5. The van der Waals surface area contributed by atoms with Gasteiger partial charge in [-0.2, -0.15) is 0 Å². The molecule has 0 aromatic carbocycles. The summed E-state index contributed by atoms with van der Waals surface area (Å²) in [6.45, 7) is 13.0. The quantitative estimate of drug-likeness (QED) is 0.347. The minimum absolute atomic E-state index is 0.0230. The Balaban J connectivity index is 1.60.